The largest absolute Gasteiger partial charge is 0.375 e. The number of aryl methyl sites for hydroxylation is 1. The van der Waals surface area contributed by atoms with Crippen LogP contribution in [0.1, 0.15) is 4.88 Å². The van der Waals surface area contributed by atoms with Gasteiger partial charge < -0.3 is 5.73 Å². The molecule has 0 saturated heterocycles. The summed E-state index contributed by atoms with van der Waals surface area (Å²) in [5, 5.41) is 2.72. The van der Waals surface area contributed by atoms with Crippen LogP contribution in [0.25, 0.3) is 10.4 Å². The van der Waals surface area contributed by atoms with E-state index in [2.05, 4.69) is 23.4 Å². The molecule has 2 nitrogen and oxygen atoms in total. The maximum absolute atomic E-state index is 5.55. The molecule has 0 spiro atoms. The molecule has 12 heavy (non-hydrogen) atoms. The first-order chi connectivity index (χ1) is 5.77. The fraction of sp³-hybridized carbons (Fsp3) is 0.125. The number of nitrogens with zero attached hydrogens (tertiary/aromatic N) is 1. The molecule has 0 aliphatic heterocycles. The minimum absolute atomic E-state index is 0.635. The Morgan fingerprint density at radius 1 is 1.50 bits per heavy atom. The van der Waals surface area contributed by atoms with E-state index in [-0.39, 0.29) is 0 Å². The molecule has 0 aliphatic rings. The van der Waals surface area contributed by atoms with E-state index in [1.807, 2.05) is 6.20 Å². The van der Waals surface area contributed by atoms with Crippen molar-refractivity contribution in [3.63, 3.8) is 0 Å². The standard InChI is InChI=1S/C8H8N2S2/c1-5-6(2-3-11-5)7-4-10-8(9)12-7/h2-4H,1H3,(H2,9,10). The van der Waals surface area contributed by atoms with E-state index in [1.54, 1.807) is 11.3 Å². The number of rotatable bonds is 1. The Morgan fingerprint density at radius 3 is 2.83 bits per heavy atom. The molecule has 2 heterocycles. The second kappa shape index (κ2) is 2.88. The number of aromatic nitrogens is 1. The third-order valence-electron chi connectivity index (χ3n) is 1.65. The molecule has 2 N–H and O–H groups in total. The number of thiophene rings is 1. The van der Waals surface area contributed by atoms with Gasteiger partial charge in [0.15, 0.2) is 5.13 Å². The lowest BCUT2D eigenvalue weighted by molar-refractivity contribution is 1.42. The molecule has 0 bridgehead atoms. The van der Waals surface area contributed by atoms with Gasteiger partial charge in [0.2, 0.25) is 0 Å². The highest BCUT2D eigenvalue weighted by atomic mass is 32.1. The lowest BCUT2D eigenvalue weighted by Crippen LogP contribution is -1.77. The van der Waals surface area contributed by atoms with Gasteiger partial charge >= 0.3 is 0 Å². The monoisotopic (exact) mass is 196 g/mol. The molecule has 0 unspecified atom stereocenters. The predicted molar refractivity (Wildman–Crippen MR) is 54.6 cm³/mol. The molecular weight excluding hydrogens is 188 g/mol. The van der Waals surface area contributed by atoms with Crippen molar-refractivity contribution in [1.29, 1.82) is 0 Å². The van der Waals surface area contributed by atoms with E-state index in [0.717, 1.165) is 4.88 Å². The number of hydrogen-bond donors (Lipinski definition) is 1. The average Bonchev–Trinajstić information content (AvgIpc) is 2.58. The van der Waals surface area contributed by atoms with E-state index >= 15 is 0 Å². The van der Waals surface area contributed by atoms with Gasteiger partial charge in [-0.2, -0.15) is 0 Å². The first-order valence-electron chi connectivity index (χ1n) is 3.53. The molecule has 0 aromatic carbocycles. The topological polar surface area (TPSA) is 38.9 Å². The number of hydrogen-bond acceptors (Lipinski definition) is 4. The second-order valence-electron chi connectivity index (χ2n) is 2.45. The van der Waals surface area contributed by atoms with Gasteiger partial charge in [-0.15, -0.1) is 11.3 Å². The SMILES string of the molecule is Cc1sccc1-c1cnc(N)s1. The molecule has 0 saturated carbocycles. The minimum atomic E-state index is 0.635. The van der Waals surface area contributed by atoms with Gasteiger partial charge in [0.1, 0.15) is 0 Å². The van der Waals surface area contributed by atoms with Crippen LogP contribution >= 0.6 is 22.7 Å². The van der Waals surface area contributed by atoms with Crippen LogP contribution in [0.2, 0.25) is 0 Å². The fourth-order valence-corrected chi connectivity index (χ4v) is 2.60. The van der Waals surface area contributed by atoms with Crippen molar-refractivity contribution in [2.45, 2.75) is 6.92 Å². The summed E-state index contributed by atoms with van der Waals surface area (Å²) in [6.07, 6.45) is 1.83. The Hall–Kier alpha value is -0.870. The molecule has 0 fully saturated rings. The molecule has 4 heteroatoms. The first-order valence-corrected chi connectivity index (χ1v) is 5.23. The van der Waals surface area contributed by atoms with E-state index < -0.39 is 0 Å². The number of thiazole rings is 1. The van der Waals surface area contributed by atoms with Gasteiger partial charge in [0, 0.05) is 16.6 Å². The van der Waals surface area contributed by atoms with Gasteiger partial charge in [-0.05, 0) is 18.4 Å². The summed E-state index contributed by atoms with van der Waals surface area (Å²) >= 11 is 3.28. The average molecular weight is 196 g/mol. The van der Waals surface area contributed by atoms with Gasteiger partial charge in [-0.3, -0.25) is 0 Å². The molecule has 2 aromatic rings. The van der Waals surface area contributed by atoms with Crippen molar-refractivity contribution in [2.75, 3.05) is 5.73 Å². The third-order valence-corrected chi connectivity index (χ3v) is 3.35. The predicted octanol–water partition coefficient (Wildman–Crippen LogP) is 2.76. The summed E-state index contributed by atoms with van der Waals surface area (Å²) in [4.78, 5) is 6.49. The summed E-state index contributed by atoms with van der Waals surface area (Å²) in [6.45, 7) is 2.11. The quantitative estimate of drug-likeness (QED) is 0.761. The van der Waals surface area contributed by atoms with Crippen molar-refractivity contribution < 1.29 is 0 Å². The second-order valence-corrected chi connectivity index (χ2v) is 4.64. The van der Waals surface area contributed by atoms with Crippen LogP contribution in [0.3, 0.4) is 0 Å². The van der Waals surface area contributed by atoms with Crippen molar-refractivity contribution in [3.05, 3.63) is 22.5 Å². The Bertz CT molecular complexity index is 389. The first kappa shape index (κ1) is 7.76. The van der Waals surface area contributed by atoms with Gasteiger partial charge in [0.25, 0.3) is 0 Å². The number of anilines is 1. The van der Waals surface area contributed by atoms with Crippen LogP contribution in [-0.2, 0) is 0 Å². The van der Waals surface area contributed by atoms with Crippen LogP contribution in [0.15, 0.2) is 17.6 Å². The molecular formula is C8H8N2S2. The molecule has 0 aliphatic carbocycles. The van der Waals surface area contributed by atoms with Crippen LogP contribution in [0.4, 0.5) is 5.13 Å². The van der Waals surface area contributed by atoms with Crippen LogP contribution in [0.5, 0.6) is 0 Å². The summed E-state index contributed by atoms with van der Waals surface area (Å²) in [7, 11) is 0. The highest BCUT2D eigenvalue weighted by Crippen LogP contribution is 2.32. The summed E-state index contributed by atoms with van der Waals surface area (Å²) in [5.41, 5.74) is 6.80. The van der Waals surface area contributed by atoms with Gasteiger partial charge in [0.05, 0.1) is 4.88 Å². The van der Waals surface area contributed by atoms with E-state index in [1.165, 1.54) is 21.8 Å². The third kappa shape index (κ3) is 1.23. The Labute approximate surface area is 78.7 Å². The Morgan fingerprint density at radius 2 is 2.33 bits per heavy atom. The minimum Gasteiger partial charge on any atom is -0.375 e. The summed E-state index contributed by atoms with van der Waals surface area (Å²) in [6, 6.07) is 2.10. The smallest absolute Gasteiger partial charge is 0.180 e. The highest BCUT2D eigenvalue weighted by Gasteiger charge is 2.05. The summed E-state index contributed by atoms with van der Waals surface area (Å²) in [5.74, 6) is 0. The van der Waals surface area contributed by atoms with Gasteiger partial charge in [-0.1, -0.05) is 11.3 Å². The zero-order valence-corrected chi connectivity index (χ0v) is 8.21. The van der Waals surface area contributed by atoms with E-state index in [9.17, 15) is 0 Å². The Kier molecular flexibility index (Phi) is 1.86. The van der Waals surface area contributed by atoms with Gasteiger partial charge in [-0.25, -0.2) is 4.98 Å². The fourth-order valence-electron chi connectivity index (χ4n) is 1.05. The highest BCUT2D eigenvalue weighted by molar-refractivity contribution is 7.19. The van der Waals surface area contributed by atoms with E-state index in [0.29, 0.717) is 5.13 Å². The van der Waals surface area contributed by atoms with Crippen molar-refractivity contribution >= 4 is 27.8 Å². The molecule has 62 valence electrons. The maximum Gasteiger partial charge on any atom is 0.180 e. The van der Waals surface area contributed by atoms with Crippen LogP contribution in [-0.4, -0.2) is 4.98 Å². The lowest BCUT2D eigenvalue weighted by atomic mass is 10.2. The van der Waals surface area contributed by atoms with Crippen molar-refractivity contribution in [3.8, 4) is 10.4 Å². The zero-order chi connectivity index (χ0) is 8.55. The molecule has 2 rings (SSSR count). The summed E-state index contributed by atoms with van der Waals surface area (Å²) < 4.78 is 0. The number of nitrogen functional groups attached to an aromatic ring is 1. The normalized spacial score (nSPS) is 10.4. The Balaban J connectivity index is 2.50. The zero-order valence-electron chi connectivity index (χ0n) is 6.57. The van der Waals surface area contributed by atoms with Crippen molar-refractivity contribution in [1.82, 2.24) is 4.98 Å². The number of nitrogens with two attached hydrogens (primary N) is 1. The van der Waals surface area contributed by atoms with Crippen molar-refractivity contribution in [2.24, 2.45) is 0 Å². The van der Waals surface area contributed by atoms with E-state index in [4.69, 9.17) is 5.73 Å². The molecule has 0 atom stereocenters. The van der Waals surface area contributed by atoms with Crippen LogP contribution in [0, 0.1) is 6.92 Å². The van der Waals surface area contributed by atoms with Crippen LogP contribution < -0.4 is 5.73 Å². The lowest BCUT2D eigenvalue weighted by Gasteiger charge is -1.91. The maximum atomic E-state index is 5.55. The molecule has 0 amide bonds. The molecule has 2 aromatic heterocycles. The molecule has 0 radical (unpaired) electrons.